The van der Waals surface area contributed by atoms with Gasteiger partial charge in [0.15, 0.2) is 6.61 Å². The topological polar surface area (TPSA) is 75.7 Å². The van der Waals surface area contributed by atoms with E-state index in [0.29, 0.717) is 10.7 Å². The first-order chi connectivity index (χ1) is 13.5. The molecule has 1 N–H and O–H groups in total. The summed E-state index contributed by atoms with van der Waals surface area (Å²) in [5.41, 5.74) is 1.27. The molecule has 0 saturated carbocycles. The van der Waals surface area contributed by atoms with Gasteiger partial charge in [0.25, 0.3) is 5.91 Å². The van der Waals surface area contributed by atoms with Gasteiger partial charge in [-0.1, -0.05) is 23.7 Å². The van der Waals surface area contributed by atoms with Crippen LogP contribution in [0, 0.1) is 5.92 Å². The fraction of sp³-hybridized carbons (Fsp3) is 0.250. The largest absolute Gasteiger partial charge is 0.455 e. The highest BCUT2D eigenvalue weighted by Crippen LogP contribution is 2.28. The van der Waals surface area contributed by atoms with Crippen LogP contribution in [-0.2, 0) is 19.1 Å². The molecule has 1 saturated heterocycles. The summed E-state index contributed by atoms with van der Waals surface area (Å²) in [6.45, 7) is -0.177. The smallest absolute Gasteiger partial charge is 0.311 e. The fourth-order valence-corrected chi connectivity index (χ4v) is 3.55. The number of amides is 2. The Balaban J connectivity index is 1.53. The van der Waals surface area contributed by atoms with Gasteiger partial charge in [0.05, 0.1) is 5.92 Å². The molecule has 8 heteroatoms. The zero-order valence-corrected chi connectivity index (χ0v) is 16.8. The Hall–Kier alpha value is -2.51. The molecule has 1 atom stereocenters. The lowest BCUT2D eigenvalue weighted by Gasteiger charge is -2.17. The minimum atomic E-state index is -0.593. The number of carbonyl (C=O) groups excluding carboxylic acids is 3. The maximum atomic E-state index is 12.3. The molecule has 28 heavy (non-hydrogen) atoms. The zero-order chi connectivity index (χ0) is 20.1. The number of esters is 1. The third-order valence-electron chi connectivity index (χ3n) is 4.28. The van der Waals surface area contributed by atoms with Gasteiger partial charge in [0, 0.05) is 34.3 Å². The molecule has 1 aliphatic heterocycles. The van der Waals surface area contributed by atoms with E-state index in [2.05, 4.69) is 5.32 Å². The highest BCUT2D eigenvalue weighted by Gasteiger charge is 2.36. The monoisotopic (exact) mass is 418 g/mol. The third-order valence-corrected chi connectivity index (χ3v) is 5.24. The normalized spacial score (nSPS) is 16.1. The number of nitrogens with zero attached hydrogens (tertiary/aromatic N) is 1. The van der Waals surface area contributed by atoms with Crippen LogP contribution in [0.15, 0.2) is 53.4 Å². The second-order valence-electron chi connectivity index (χ2n) is 6.27. The van der Waals surface area contributed by atoms with Crippen LogP contribution in [0.4, 0.5) is 11.4 Å². The van der Waals surface area contributed by atoms with Crippen LogP contribution in [0.2, 0.25) is 5.02 Å². The van der Waals surface area contributed by atoms with Crippen molar-refractivity contribution < 1.29 is 19.1 Å². The van der Waals surface area contributed by atoms with E-state index in [9.17, 15) is 14.4 Å². The molecule has 2 aromatic rings. The number of thioether (sulfide) groups is 1. The SMILES string of the molecule is CSc1cccc(N2C[C@@H](C(=O)OCC(=O)Nc3cccc(Cl)c3)CC2=O)c1. The maximum absolute atomic E-state index is 12.3. The molecule has 0 bridgehead atoms. The van der Waals surface area contributed by atoms with Gasteiger partial charge in [-0.25, -0.2) is 0 Å². The van der Waals surface area contributed by atoms with Gasteiger partial charge < -0.3 is 15.0 Å². The molecule has 3 rings (SSSR count). The van der Waals surface area contributed by atoms with E-state index in [0.717, 1.165) is 10.6 Å². The van der Waals surface area contributed by atoms with Crippen molar-refractivity contribution in [3.8, 4) is 0 Å². The summed E-state index contributed by atoms with van der Waals surface area (Å²) >= 11 is 7.44. The van der Waals surface area contributed by atoms with Crippen LogP contribution in [0.1, 0.15) is 6.42 Å². The van der Waals surface area contributed by atoms with Gasteiger partial charge in [0.1, 0.15) is 0 Å². The molecule has 6 nitrogen and oxygen atoms in total. The summed E-state index contributed by atoms with van der Waals surface area (Å²) in [5.74, 6) is -1.75. The fourth-order valence-electron chi connectivity index (χ4n) is 2.91. The van der Waals surface area contributed by atoms with Gasteiger partial charge in [0.2, 0.25) is 5.91 Å². The molecule has 1 aliphatic rings. The highest BCUT2D eigenvalue weighted by atomic mass is 35.5. The summed E-state index contributed by atoms with van der Waals surface area (Å²) in [5, 5.41) is 3.10. The highest BCUT2D eigenvalue weighted by molar-refractivity contribution is 7.98. The first kappa shape index (κ1) is 20.2. The third kappa shape index (κ3) is 5.05. The molecular formula is C20H19ClN2O4S. The van der Waals surface area contributed by atoms with Crippen molar-refractivity contribution in [3.63, 3.8) is 0 Å². The van der Waals surface area contributed by atoms with Crippen LogP contribution in [0.5, 0.6) is 0 Å². The van der Waals surface area contributed by atoms with Crippen LogP contribution >= 0.6 is 23.4 Å². The van der Waals surface area contributed by atoms with Gasteiger partial charge in [-0.3, -0.25) is 14.4 Å². The number of rotatable bonds is 6. The minimum Gasteiger partial charge on any atom is -0.455 e. The summed E-state index contributed by atoms with van der Waals surface area (Å²) in [7, 11) is 0. The average molecular weight is 419 g/mol. The molecule has 146 valence electrons. The van der Waals surface area contributed by atoms with Crippen molar-refractivity contribution in [2.24, 2.45) is 5.92 Å². The number of benzene rings is 2. The number of anilines is 2. The average Bonchev–Trinajstić information content (AvgIpc) is 3.08. The second kappa shape index (κ2) is 9.12. The molecule has 0 aliphatic carbocycles. The Morgan fingerprint density at radius 1 is 1.25 bits per heavy atom. The summed E-state index contributed by atoms with van der Waals surface area (Å²) < 4.78 is 5.10. The van der Waals surface area contributed by atoms with Crippen LogP contribution in [-0.4, -0.2) is 37.2 Å². The molecule has 2 aromatic carbocycles. The number of hydrogen-bond donors (Lipinski definition) is 1. The van der Waals surface area contributed by atoms with Gasteiger partial charge in [-0.15, -0.1) is 11.8 Å². The van der Waals surface area contributed by atoms with Crippen LogP contribution in [0.25, 0.3) is 0 Å². The van der Waals surface area contributed by atoms with Crippen molar-refractivity contribution in [2.45, 2.75) is 11.3 Å². The lowest BCUT2D eigenvalue weighted by atomic mass is 10.1. The zero-order valence-electron chi connectivity index (χ0n) is 15.2. The van der Waals surface area contributed by atoms with Crippen molar-refractivity contribution in [1.29, 1.82) is 0 Å². The molecule has 0 aromatic heterocycles. The first-order valence-corrected chi connectivity index (χ1v) is 10.2. The van der Waals surface area contributed by atoms with Gasteiger partial charge in [-0.05, 0) is 42.7 Å². The lowest BCUT2D eigenvalue weighted by molar-refractivity contribution is -0.151. The predicted molar refractivity (Wildman–Crippen MR) is 110 cm³/mol. The van der Waals surface area contributed by atoms with E-state index in [1.807, 2.05) is 30.5 Å². The van der Waals surface area contributed by atoms with E-state index in [4.69, 9.17) is 16.3 Å². The Morgan fingerprint density at radius 3 is 2.79 bits per heavy atom. The Morgan fingerprint density at radius 2 is 2.04 bits per heavy atom. The van der Waals surface area contributed by atoms with Crippen LogP contribution in [0.3, 0.4) is 0 Å². The summed E-state index contributed by atoms with van der Waals surface area (Å²) in [6, 6.07) is 14.3. The minimum absolute atomic E-state index is 0.0677. The van der Waals surface area contributed by atoms with Gasteiger partial charge >= 0.3 is 5.97 Å². The molecule has 1 fully saturated rings. The number of hydrogen-bond acceptors (Lipinski definition) is 5. The molecule has 0 spiro atoms. The van der Waals surface area contributed by atoms with Gasteiger partial charge in [-0.2, -0.15) is 0 Å². The number of carbonyl (C=O) groups is 3. The van der Waals surface area contributed by atoms with Crippen molar-refractivity contribution in [2.75, 3.05) is 29.6 Å². The lowest BCUT2D eigenvalue weighted by Crippen LogP contribution is -2.28. The standard InChI is InChI=1S/C20H19ClN2O4S/c1-28-17-7-3-6-16(10-17)23-11-13(8-19(23)25)20(26)27-12-18(24)22-15-5-2-4-14(21)9-15/h2-7,9-10,13H,8,11-12H2,1H3,(H,22,24)/t13-/m0/s1. The molecule has 0 radical (unpaired) electrons. The van der Waals surface area contributed by atoms with E-state index < -0.39 is 24.4 Å². The van der Waals surface area contributed by atoms with E-state index in [-0.39, 0.29) is 18.9 Å². The number of nitrogens with one attached hydrogen (secondary N) is 1. The van der Waals surface area contributed by atoms with Crippen molar-refractivity contribution in [1.82, 2.24) is 0 Å². The van der Waals surface area contributed by atoms with Crippen molar-refractivity contribution >= 4 is 52.5 Å². The van der Waals surface area contributed by atoms with Crippen molar-refractivity contribution in [3.05, 3.63) is 53.6 Å². The molecule has 1 heterocycles. The summed E-state index contributed by atoms with van der Waals surface area (Å²) in [4.78, 5) is 39.2. The first-order valence-electron chi connectivity index (χ1n) is 8.62. The quantitative estimate of drug-likeness (QED) is 0.573. The summed E-state index contributed by atoms with van der Waals surface area (Å²) in [6.07, 6.45) is 2.03. The predicted octanol–water partition coefficient (Wildman–Crippen LogP) is 3.60. The Kier molecular flexibility index (Phi) is 6.59. The number of halogens is 1. The molecule has 2 amide bonds. The molecule has 0 unspecified atom stereocenters. The Labute approximate surface area is 172 Å². The molecular weight excluding hydrogens is 400 g/mol. The van der Waals surface area contributed by atoms with E-state index in [1.165, 1.54) is 0 Å². The van der Waals surface area contributed by atoms with Crippen LogP contribution < -0.4 is 10.2 Å². The maximum Gasteiger partial charge on any atom is 0.311 e. The Bertz CT molecular complexity index is 905. The van der Waals surface area contributed by atoms with E-state index >= 15 is 0 Å². The van der Waals surface area contributed by atoms with E-state index in [1.54, 1.807) is 40.9 Å². The second-order valence-corrected chi connectivity index (χ2v) is 7.59. The number of ether oxygens (including phenoxy) is 1.